The highest BCUT2D eigenvalue weighted by Gasteiger charge is 2.52. The third kappa shape index (κ3) is 5.75. The Kier molecular flexibility index (Phi) is 8.67. The highest BCUT2D eigenvalue weighted by atomic mass is 16.8. The van der Waals surface area contributed by atoms with E-state index < -0.39 is 96.7 Å². The molecule has 2 aliphatic rings. The van der Waals surface area contributed by atoms with Crippen molar-refractivity contribution in [3.63, 3.8) is 0 Å². The summed E-state index contributed by atoms with van der Waals surface area (Å²) in [4.78, 5) is 24.3. The fourth-order valence-corrected chi connectivity index (χ4v) is 4.88. The number of aliphatic carboxylic acids is 1. The van der Waals surface area contributed by atoms with Gasteiger partial charge in [-0.15, -0.1) is 0 Å². The van der Waals surface area contributed by atoms with E-state index in [2.05, 4.69) is 0 Å². The molecule has 1 aromatic heterocycles. The molecule has 17 heteroatoms. The normalized spacial score (nSPS) is 32.4. The lowest BCUT2D eigenvalue weighted by atomic mass is 9.97. The minimum Gasteiger partial charge on any atom is -0.507 e. The van der Waals surface area contributed by atoms with Crippen LogP contribution in [0.3, 0.4) is 0 Å². The first-order valence-corrected chi connectivity index (χ1v) is 13.0. The lowest BCUT2D eigenvalue weighted by molar-refractivity contribution is -0.353. The molecule has 5 rings (SSSR count). The Hall–Kier alpha value is -4.04. The molecule has 10 atom stereocenters. The third-order valence-corrected chi connectivity index (χ3v) is 7.22. The van der Waals surface area contributed by atoms with Crippen LogP contribution in [0.5, 0.6) is 23.0 Å². The number of phenols is 3. The molecule has 0 unspecified atom stereocenters. The van der Waals surface area contributed by atoms with Gasteiger partial charge in [-0.3, -0.25) is 4.79 Å². The molecule has 44 heavy (non-hydrogen) atoms. The van der Waals surface area contributed by atoms with E-state index in [1.807, 2.05) is 0 Å². The number of carboxylic acid groups (broad SMARTS) is 1. The van der Waals surface area contributed by atoms with Crippen LogP contribution in [0.25, 0.3) is 22.3 Å². The monoisotopic (exact) mass is 624 g/mol. The van der Waals surface area contributed by atoms with Crippen LogP contribution >= 0.6 is 0 Å². The third-order valence-electron chi connectivity index (χ3n) is 7.22. The second kappa shape index (κ2) is 12.2. The van der Waals surface area contributed by atoms with Crippen LogP contribution in [-0.2, 0) is 19.0 Å². The van der Waals surface area contributed by atoms with Crippen molar-refractivity contribution in [2.75, 3.05) is 6.61 Å². The van der Waals surface area contributed by atoms with Gasteiger partial charge in [0, 0.05) is 23.8 Å². The molecule has 3 heterocycles. The van der Waals surface area contributed by atoms with Gasteiger partial charge in [-0.1, -0.05) is 0 Å². The molecule has 0 radical (unpaired) electrons. The van der Waals surface area contributed by atoms with Crippen molar-refractivity contribution < 1.29 is 79.2 Å². The molecule has 2 saturated heterocycles. The van der Waals surface area contributed by atoms with Crippen LogP contribution in [0.15, 0.2) is 45.6 Å². The van der Waals surface area contributed by atoms with Crippen LogP contribution in [0.4, 0.5) is 0 Å². The number of ether oxygens (including phenoxy) is 4. The number of hydrogen-bond donors (Lipinski definition) is 10. The molecule has 0 aliphatic carbocycles. The summed E-state index contributed by atoms with van der Waals surface area (Å²) in [5.74, 6) is -3.58. The van der Waals surface area contributed by atoms with E-state index in [4.69, 9.17) is 23.4 Å². The summed E-state index contributed by atoms with van der Waals surface area (Å²) in [6.45, 7) is -0.819. The summed E-state index contributed by atoms with van der Waals surface area (Å²) in [6.07, 6.45) is -19.0. The number of fused-ring (bicyclic) bond motifs is 1. The first kappa shape index (κ1) is 31.4. The molecule has 2 fully saturated rings. The van der Waals surface area contributed by atoms with Crippen molar-refractivity contribution in [1.29, 1.82) is 0 Å². The fourth-order valence-electron chi connectivity index (χ4n) is 4.88. The van der Waals surface area contributed by atoms with E-state index in [-0.39, 0.29) is 28.0 Å². The lowest BCUT2D eigenvalue weighted by Gasteiger charge is -2.45. The van der Waals surface area contributed by atoms with Crippen molar-refractivity contribution in [2.24, 2.45) is 0 Å². The molecule has 0 saturated carbocycles. The van der Waals surface area contributed by atoms with Crippen LogP contribution in [-0.4, -0.2) is 125 Å². The molecule has 2 aromatic carbocycles. The van der Waals surface area contributed by atoms with E-state index in [1.165, 1.54) is 6.07 Å². The van der Waals surface area contributed by atoms with Crippen molar-refractivity contribution in [3.8, 4) is 34.3 Å². The van der Waals surface area contributed by atoms with Gasteiger partial charge in [0.05, 0.1) is 6.61 Å². The van der Waals surface area contributed by atoms with E-state index in [9.17, 15) is 60.7 Å². The van der Waals surface area contributed by atoms with Gasteiger partial charge in [0.15, 0.2) is 35.4 Å². The summed E-state index contributed by atoms with van der Waals surface area (Å²) < 4.78 is 27.6. The SMILES string of the molecule is O=C(O)[C@H]1O[C@@H](O[C@H]2[C@H](Oc3cc(O)c4c(=O)cc(-c5ccc(O)c(O)c5)oc4c3)O[C@H](CO)[C@@H](O)[C@@H]2O)[C@H](O)[C@@H](O)[C@@H]1O. The highest BCUT2D eigenvalue weighted by Crippen LogP contribution is 2.36. The summed E-state index contributed by atoms with van der Waals surface area (Å²) in [5.41, 5.74) is -0.728. The predicted molar refractivity (Wildman–Crippen MR) is 140 cm³/mol. The van der Waals surface area contributed by atoms with Gasteiger partial charge in [0.2, 0.25) is 6.29 Å². The van der Waals surface area contributed by atoms with Gasteiger partial charge in [0.25, 0.3) is 0 Å². The summed E-state index contributed by atoms with van der Waals surface area (Å²) in [7, 11) is 0. The Morgan fingerprint density at radius 1 is 0.795 bits per heavy atom. The highest BCUT2D eigenvalue weighted by molar-refractivity contribution is 5.86. The predicted octanol–water partition coefficient (Wildman–Crippen LogP) is -2.33. The minimum atomic E-state index is -2.06. The van der Waals surface area contributed by atoms with Gasteiger partial charge in [-0.25, -0.2) is 4.79 Å². The van der Waals surface area contributed by atoms with E-state index in [0.717, 1.165) is 30.3 Å². The number of aliphatic hydroxyl groups excluding tert-OH is 6. The van der Waals surface area contributed by atoms with Crippen molar-refractivity contribution >= 4 is 16.9 Å². The van der Waals surface area contributed by atoms with Crippen LogP contribution < -0.4 is 10.2 Å². The number of carbonyl (C=O) groups is 1. The quantitative estimate of drug-likeness (QED) is 0.123. The second-order valence-corrected chi connectivity index (χ2v) is 10.2. The number of aromatic hydroxyl groups is 3. The zero-order chi connectivity index (χ0) is 32.0. The molecule has 10 N–H and O–H groups in total. The standard InChI is InChI=1S/C27H28O17/c28-7-16-18(33)20(35)24(44-26-22(37)19(34)21(36)23(43-26)25(38)39)27(42-16)40-9-4-12(31)17-13(32)6-14(41-15(17)5-9)8-1-2-10(29)11(30)3-8/h1-6,16,18-24,26-31,33-37H,7H2,(H,38,39)/t16-,18-,19+,20+,21+,22-,23+,24-,26+,27-/m1/s1. The van der Waals surface area contributed by atoms with Crippen LogP contribution in [0.1, 0.15) is 0 Å². The first-order chi connectivity index (χ1) is 20.8. The number of benzene rings is 2. The largest absolute Gasteiger partial charge is 0.507 e. The Bertz CT molecular complexity index is 1590. The molecule has 2 aliphatic heterocycles. The Balaban J connectivity index is 1.49. The number of phenolic OH excluding ortho intramolecular Hbond substituents is 3. The average Bonchev–Trinajstić information content (AvgIpc) is 2.97. The minimum absolute atomic E-state index is 0.0690. The zero-order valence-electron chi connectivity index (χ0n) is 22.3. The molecular formula is C27H28O17. The second-order valence-electron chi connectivity index (χ2n) is 10.2. The fraction of sp³-hybridized carbons (Fsp3) is 0.407. The molecule has 0 bridgehead atoms. The Labute approximate surface area is 245 Å². The maximum atomic E-state index is 12.8. The van der Waals surface area contributed by atoms with Crippen LogP contribution in [0, 0.1) is 0 Å². The van der Waals surface area contributed by atoms with Crippen LogP contribution in [0.2, 0.25) is 0 Å². The molecule has 3 aromatic rings. The van der Waals surface area contributed by atoms with Gasteiger partial charge in [0.1, 0.15) is 64.9 Å². The Morgan fingerprint density at radius 2 is 1.52 bits per heavy atom. The first-order valence-electron chi connectivity index (χ1n) is 13.0. The summed E-state index contributed by atoms with van der Waals surface area (Å²) in [5, 5.41) is 100. The molecule has 238 valence electrons. The summed E-state index contributed by atoms with van der Waals surface area (Å²) >= 11 is 0. The van der Waals surface area contributed by atoms with Gasteiger partial charge in [-0.05, 0) is 18.2 Å². The maximum absolute atomic E-state index is 12.8. The number of rotatable bonds is 7. The van der Waals surface area contributed by atoms with E-state index in [1.54, 1.807) is 0 Å². The Morgan fingerprint density at radius 3 is 2.18 bits per heavy atom. The zero-order valence-corrected chi connectivity index (χ0v) is 22.3. The van der Waals surface area contributed by atoms with Crippen molar-refractivity contribution in [1.82, 2.24) is 0 Å². The number of hydrogen-bond acceptors (Lipinski definition) is 16. The van der Waals surface area contributed by atoms with Gasteiger partial charge >= 0.3 is 5.97 Å². The van der Waals surface area contributed by atoms with Crippen molar-refractivity contribution in [2.45, 2.75) is 61.4 Å². The lowest BCUT2D eigenvalue weighted by Crippen LogP contribution is -2.65. The molecule has 17 nitrogen and oxygen atoms in total. The maximum Gasteiger partial charge on any atom is 0.335 e. The van der Waals surface area contributed by atoms with E-state index in [0.29, 0.717) is 0 Å². The van der Waals surface area contributed by atoms with Gasteiger partial charge < -0.3 is 74.4 Å². The summed E-state index contributed by atoms with van der Waals surface area (Å²) in [6, 6.07) is 6.80. The smallest absolute Gasteiger partial charge is 0.335 e. The van der Waals surface area contributed by atoms with Gasteiger partial charge in [-0.2, -0.15) is 0 Å². The van der Waals surface area contributed by atoms with E-state index >= 15 is 0 Å². The molecule has 0 spiro atoms. The molecular weight excluding hydrogens is 596 g/mol. The number of carboxylic acids is 1. The van der Waals surface area contributed by atoms with Crippen molar-refractivity contribution in [3.05, 3.63) is 46.6 Å². The number of aliphatic hydroxyl groups is 6. The average molecular weight is 625 g/mol. The molecule has 0 amide bonds. The topological polar surface area (TPSA) is 286 Å².